The van der Waals surface area contributed by atoms with Gasteiger partial charge in [-0.3, -0.25) is 14.4 Å². The standard InChI is InChI=1S/C67H112O6/c1-4-7-10-13-16-19-22-25-28-31-33-36-39-42-45-48-51-54-57-60-66(69)72-63-64(62-71-65(68)59-56-53-50-47-44-41-38-35-30-27-24-21-18-15-12-9-6-3)73-67(70)61-58-55-52-49-46-43-40-37-34-32-29-26-23-20-17-14-11-8-5-2/h16-21,25-30,34,37-38,41,43,46,64H,4-15,22-24,31-33,35-36,39-40,42,44-45,47-63H2,1-3H3/b19-16-,20-17-,21-18-,28-25-,29-26-,30-27-,37-34-,41-38-,46-43-/t64-/m0/s1. The summed E-state index contributed by atoms with van der Waals surface area (Å²) in [5, 5.41) is 0. The zero-order chi connectivity index (χ0) is 52.9. The van der Waals surface area contributed by atoms with Crippen molar-refractivity contribution in [3.63, 3.8) is 0 Å². The fourth-order valence-corrected chi connectivity index (χ4v) is 8.11. The Morgan fingerprint density at radius 2 is 0.493 bits per heavy atom. The molecule has 416 valence electrons. The Hall–Kier alpha value is -3.93. The van der Waals surface area contributed by atoms with E-state index >= 15 is 0 Å². The first kappa shape index (κ1) is 69.1. The van der Waals surface area contributed by atoms with Crippen molar-refractivity contribution >= 4 is 17.9 Å². The Morgan fingerprint density at radius 1 is 0.274 bits per heavy atom. The summed E-state index contributed by atoms with van der Waals surface area (Å²) < 4.78 is 16.9. The molecular weight excluding hydrogens is 901 g/mol. The third kappa shape index (κ3) is 58.8. The largest absolute Gasteiger partial charge is 0.462 e. The Labute approximate surface area is 450 Å². The second kappa shape index (κ2) is 60.6. The SMILES string of the molecule is CCCCC/C=C\C/C=C\C/C=C\C/C=C\CCCCCC(=O)O[C@@H](COC(=O)CCCCCC/C=C\C/C=C\C/C=C\CCCCC)COC(=O)CCCCCCCCCCC/C=C\C/C=C\CCCCC. The molecule has 0 fully saturated rings. The number of rotatable bonds is 54. The predicted octanol–water partition coefficient (Wildman–Crippen LogP) is 20.7. The molecule has 0 heterocycles. The maximum absolute atomic E-state index is 12.9. The Bertz CT molecular complexity index is 1490. The van der Waals surface area contributed by atoms with E-state index in [0.717, 1.165) is 116 Å². The lowest BCUT2D eigenvalue weighted by Crippen LogP contribution is -2.30. The Morgan fingerprint density at radius 3 is 0.781 bits per heavy atom. The number of hydrogen-bond acceptors (Lipinski definition) is 6. The van der Waals surface area contributed by atoms with Crippen LogP contribution >= 0.6 is 0 Å². The molecule has 0 saturated heterocycles. The van der Waals surface area contributed by atoms with Crippen LogP contribution in [-0.2, 0) is 28.6 Å². The van der Waals surface area contributed by atoms with Gasteiger partial charge in [0.1, 0.15) is 13.2 Å². The summed E-state index contributed by atoms with van der Waals surface area (Å²) in [5.74, 6) is -0.956. The minimum Gasteiger partial charge on any atom is -0.462 e. The quantitative estimate of drug-likeness (QED) is 0.0261. The van der Waals surface area contributed by atoms with Gasteiger partial charge in [0.2, 0.25) is 0 Å². The van der Waals surface area contributed by atoms with E-state index < -0.39 is 6.10 Å². The molecule has 0 aliphatic heterocycles. The molecule has 0 aliphatic carbocycles. The predicted molar refractivity (Wildman–Crippen MR) is 316 cm³/mol. The third-order valence-corrected chi connectivity index (χ3v) is 12.7. The maximum atomic E-state index is 12.9. The normalized spacial score (nSPS) is 12.9. The van der Waals surface area contributed by atoms with Gasteiger partial charge in [-0.2, -0.15) is 0 Å². The van der Waals surface area contributed by atoms with Crippen LogP contribution in [0.1, 0.15) is 278 Å². The van der Waals surface area contributed by atoms with E-state index in [0.29, 0.717) is 12.8 Å². The number of hydrogen-bond donors (Lipinski definition) is 0. The minimum absolute atomic E-state index is 0.102. The molecule has 0 amide bonds. The summed E-state index contributed by atoms with van der Waals surface area (Å²) in [6.45, 7) is 6.52. The first-order valence-corrected chi connectivity index (χ1v) is 30.4. The van der Waals surface area contributed by atoms with Gasteiger partial charge in [-0.25, -0.2) is 0 Å². The smallest absolute Gasteiger partial charge is 0.306 e. The van der Waals surface area contributed by atoms with Crippen LogP contribution < -0.4 is 0 Å². The van der Waals surface area contributed by atoms with Crippen LogP contribution in [0.15, 0.2) is 109 Å². The second-order valence-corrected chi connectivity index (χ2v) is 19.9. The summed E-state index contributed by atoms with van der Waals surface area (Å²) in [4.78, 5) is 38.3. The zero-order valence-electron chi connectivity index (χ0n) is 47.6. The van der Waals surface area contributed by atoms with E-state index in [1.165, 1.54) is 122 Å². The molecule has 0 spiro atoms. The lowest BCUT2D eigenvalue weighted by atomic mass is 10.1. The van der Waals surface area contributed by atoms with Gasteiger partial charge in [-0.1, -0.05) is 233 Å². The van der Waals surface area contributed by atoms with E-state index in [-0.39, 0.29) is 37.5 Å². The van der Waals surface area contributed by atoms with E-state index in [9.17, 15) is 14.4 Å². The van der Waals surface area contributed by atoms with Crippen molar-refractivity contribution in [3.8, 4) is 0 Å². The van der Waals surface area contributed by atoms with Crippen molar-refractivity contribution in [1.82, 2.24) is 0 Å². The molecule has 0 aromatic rings. The van der Waals surface area contributed by atoms with Crippen molar-refractivity contribution in [2.45, 2.75) is 284 Å². The van der Waals surface area contributed by atoms with Gasteiger partial charge in [-0.15, -0.1) is 0 Å². The highest BCUT2D eigenvalue weighted by Crippen LogP contribution is 2.14. The summed E-state index contributed by atoms with van der Waals surface area (Å²) in [6.07, 6.45) is 82.1. The molecule has 6 nitrogen and oxygen atoms in total. The van der Waals surface area contributed by atoms with Crippen molar-refractivity contribution in [1.29, 1.82) is 0 Å². The highest BCUT2D eigenvalue weighted by atomic mass is 16.6. The van der Waals surface area contributed by atoms with Crippen LogP contribution in [0.5, 0.6) is 0 Å². The van der Waals surface area contributed by atoms with Crippen LogP contribution in [0, 0.1) is 0 Å². The number of esters is 3. The van der Waals surface area contributed by atoms with Crippen LogP contribution in [-0.4, -0.2) is 37.2 Å². The first-order chi connectivity index (χ1) is 36.0. The molecule has 73 heavy (non-hydrogen) atoms. The van der Waals surface area contributed by atoms with Gasteiger partial charge >= 0.3 is 17.9 Å². The van der Waals surface area contributed by atoms with Gasteiger partial charge in [0, 0.05) is 19.3 Å². The molecule has 0 aromatic carbocycles. The monoisotopic (exact) mass is 1010 g/mol. The number of carbonyl (C=O) groups excluding carboxylic acids is 3. The van der Waals surface area contributed by atoms with E-state index in [1.807, 2.05) is 0 Å². The van der Waals surface area contributed by atoms with Crippen LogP contribution in [0.2, 0.25) is 0 Å². The van der Waals surface area contributed by atoms with E-state index in [4.69, 9.17) is 14.2 Å². The number of allylic oxidation sites excluding steroid dienone is 18. The number of unbranched alkanes of at least 4 members (excludes halogenated alkanes) is 25. The molecule has 6 heteroatoms. The topological polar surface area (TPSA) is 78.9 Å². The molecule has 0 saturated carbocycles. The fourth-order valence-electron chi connectivity index (χ4n) is 8.11. The molecule has 0 N–H and O–H groups in total. The Balaban J connectivity index is 4.50. The van der Waals surface area contributed by atoms with Crippen LogP contribution in [0.3, 0.4) is 0 Å². The van der Waals surface area contributed by atoms with Gasteiger partial charge in [-0.05, 0) is 135 Å². The minimum atomic E-state index is -0.809. The lowest BCUT2D eigenvalue weighted by Gasteiger charge is -2.18. The van der Waals surface area contributed by atoms with Crippen molar-refractivity contribution in [2.75, 3.05) is 13.2 Å². The second-order valence-electron chi connectivity index (χ2n) is 19.9. The summed E-state index contributed by atoms with van der Waals surface area (Å²) in [5.41, 5.74) is 0. The molecule has 0 radical (unpaired) electrons. The first-order valence-electron chi connectivity index (χ1n) is 30.4. The molecular formula is C67H112O6. The fraction of sp³-hybridized carbons (Fsp3) is 0.687. The number of carbonyl (C=O) groups is 3. The van der Waals surface area contributed by atoms with Crippen molar-refractivity contribution < 1.29 is 28.6 Å². The molecule has 0 unspecified atom stereocenters. The average Bonchev–Trinajstić information content (AvgIpc) is 3.39. The van der Waals surface area contributed by atoms with Gasteiger partial charge in [0.25, 0.3) is 0 Å². The Kier molecular flexibility index (Phi) is 57.4. The highest BCUT2D eigenvalue weighted by Gasteiger charge is 2.19. The van der Waals surface area contributed by atoms with Crippen molar-refractivity contribution in [2.24, 2.45) is 0 Å². The molecule has 0 bridgehead atoms. The zero-order valence-corrected chi connectivity index (χ0v) is 47.6. The maximum Gasteiger partial charge on any atom is 0.306 e. The van der Waals surface area contributed by atoms with Gasteiger partial charge < -0.3 is 14.2 Å². The average molecular weight is 1010 g/mol. The number of ether oxygens (including phenoxy) is 3. The highest BCUT2D eigenvalue weighted by molar-refractivity contribution is 5.71. The molecule has 0 aliphatic rings. The van der Waals surface area contributed by atoms with Crippen molar-refractivity contribution in [3.05, 3.63) is 109 Å². The van der Waals surface area contributed by atoms with Crippen LogP contribution in [0.25, 0.3) is 0 Å². The van der Waals surface area contributed by atoms with Gasteiger partial charge in [0.15, 0.2) is 6.10 Å². The summed E-state index contributed by atoms with van der Waals surface area (Å²) in [6, 6.07) is 0. The lowest BCUT2D eigenvalue weighted by molar-refractivity contribution is -0.167. The molecule has 0 aromatic heterocycles. The molecule has 0 rings (SSSR count). The summed E-state index contributed by atoms with van der Waals surface area (Å²) in [7, 11) is 0. The van der Waals surface area contributed by atoms with Crippen LogP contribution in [0.4, 0.5) is 0 Å². The van der Waals surface area contributed by atoms with E-state index in [2.05, 4.69) is 130 Å². The molecule has 1 atom stereocenters. The van der Waals surface area contributed by atoms with Gasteiger partial charge in [0.05, 0.1) is 0 Å². The summed E-state index contributed by atoms with van der Waals surface area (Å²) >= 11 is 0. The van der Waals surface area contributed by atoms with E-state index in [1.54, 1.807) is 0 Å². The third-order valence-electron chi connectivity index (χ3n) is 12.7.